The van der Waals surface area contributed by atoms with Crippen LogP contribution in [0.4, 0.5) is 16.6 Å². The minimum atomic E-state index is -0.610. The van der Waals surface area contributed by atoms with Gasteiger partial charge in [0.1, 0.15) is 5.52 Å². The number of benzene rings is 1. The molecule has 3 fully saturated rings. The molecule has 2 aromatic heterocycles. The predicted molar refractivity (Wildman–Crippen MR) is 169 cm³/mol. The number of nitrogens with zero attached hydrogens (tertiary/aromatic N) is 5. The molecule has 0 radical (unpaired) electrons. The van der Waals surface area contributed by atoms with Gasteiger partial charge in [-0.25, -0.2) is 20.2 Å². The molecule has 44 heavy (non-hydrogen) atoms. The molecular formula is C32H45N9O3. The number of fused-ring (bicyclic) bond motifs is 1. The lowest BCUT2D eigenvalue weighted by molar-refractivity contribution is 0.0925. The fourth-order valence-electron chi connectivity index (χ4n) is 6.69. The van der Waals surface area contributed by atoms with Crippen molar-refractivity contribution in [2.24, 2.45) is 17.8 Å². The summed E-state index contributed by atoms with van der Waals surface area (Å²) in [5.74, 6) is 2.57. The molecule has 3 amide bonds. The highest BCUT2D eigenvalue weighted by Gasteiger charge is 2.33. The summed E-state index contributed by atoms with van der Waals surface area (Å²) in [6.07, 6.45) is 8.35. The van der Waals surface area contributed by atoms with Gasteiger partial charge in [-0.05, 0) is 55.9 Å². The van der Waals surface area contributed by atoms with E-state index >= 15 is 0 Å². The van der Waals surface area contributed by atoms with E-state index in [-0.39, 0.29) is 17.9 Å². The van der Waals surface area contributed by atoms with Gasteiger partial charge in [0.25, 0.3) is 0 Å². The van der Waals surface area contributed by atoms with E-state index in [0.29, 0.717) is 43.1 Å². The Bertz CT molecular complexity index is 1450. The van der Waals surface area contributed by atoms with Gasteiger partial charge in [0.15, 0.2) is 11.5 Å². The average molecular weight is 604 g/mol. The maximum atomic E-state index is 13.2. The summed E-state index contributed by atoms with van der Waals surface area (Å²) < 4.78 is 8.28. The Hall–Kier alpha value is -3.93. The van der Waals surface area contributed by atoms with Crippen molar-refractivity contribution in [3.05, 3.63) is 41.7 Å². The van der Waals surface area contributed by atoms with Crippen molar-refractivity contribution in [1.29, 1.82) is 0 Å². The molecule has 2 saturated carbocycles. The second-order valence-electron chi connectivity index (χ2n) is 12.7. The number of amides is 3. The number of morpholine rings is 1. The number of hydrazine groups is 1. The van der Waals surface area contributed by atoms with Crippen LogP contribution < -0.4 is 26.4 Å². The van der Waals surface area contributed by atoms with Crippen LogP contribution in [0.25, 0.3) is 11.2 Å². The van der Waals surface area contributed by atoms with Crippen LogP contribution in [0, 0.1) is 17.8 Å². The lowest BCUT2D eigenvalue weighted by atomic mass is 9.80. The molecule has 0 unspecified atom stereocenters. The highest BCUT2D eigenvalue weighted by molar-refractivity contribution is 5.96. The van der Waals surface area contributed by atoms with Crippen LogP contribution in [0.2, 0.25) is 0 Å². The van der Waals surface area contributed by atoms with Crippen LogP contribution in [-0.4, -0.2) is 64.3 Å². The smallest absolute Gasteiger partial charge is 0.333 e. The molecule has 1 aromatic carbocycles. The number of hydrogen-bond acceptors (Lipinski definition) is 8. The van der Waals surface area contributed by atoms with E-state index in [9.17, 15) is 9.59 Å². The number of carbonyl (C=O) groups is 2. The SMILES string of the molecule is CNC(=O)NNC(=O)c1nc(N[C@H](C)C2CCC2)c2c(n1)nc(N1CCOC[C@H]1c1ccccc1)n2CC1CCC(C)CC1. The lowest BCUT2D eigenvalue weighted by Gasteiger charge is -2.37. The van der Waals surface area contributed by atoms with E-state index in [2.05, 4.69) is 74.0 Å². The van der Waals surface area contributed by atoms with Crippen molar-refractivity contribution < 1.29 is 14.3 Å². The molecule has 2 atom stereocenters. The molecule has 12 nitrogen and oxygen atoms in total. The number of aromatic nitrogens is 4. The quantitative estimate of drug-likeness (QED) is 0.278. The number of urea groups is 1. The molecule has 3 aromatic rings. The van der Waals surface area contributed by atoms with E-state index in [0.717, 1.165) is 23.9 Å². The fourth-order valence-corrected chi connectivity index (χ4v) is 6.69. The second kappa shape index (κ2) is 13.4. The van der Waals surface area contributed by atoms with Crippen LogP contribution in [0.15, 0.2) is 30.3 Å². The van der Waals surface area contributed by atoms with Gasteiger partial charge < -0.3 is 24.8 Å². The molecule has 0 bridgehead atoms. The molecule has 0 spiro atoms. The topological polar surface area (TPSA) is 138 Å². The van der Waals surface area contributed by atoms with Crippen LogP contribution in [-0.2, 0) is 11.3 Å². The van der Waals surface area contributed by atoms with E-state index in [1.54, 1.807) is 0 Å². The first-order valence-electron chi connectivity index (χ1n) is 16.1. The first kappa shape index (κ1) is 30.1. The molecule has 236 valence electrons. The van der Waals surface area contributed by atoms with E-state index < -0.39 is 11.9 Å². The standard InChI is InChI=1S/C32H45N9O3/c1-20-12-14-22(15-13-20)18-41-26-27(34-21(2)23-10-7-11-23)35-29(30(42)38-39-31(43)33-3)36-28(26)37-32(41)40-16-17-44-19-25(40)24-8-5-4-6-9-24/h4-6,8-9,20-23,25H,7,10-19H2,1-3H3,(H,38,42)(H2,33,39,43)(H,34,35,36)/t20?,21-,22?,25+/m1/s1. The van der Waals surface area contributed by atoms with Crippen LogP contribution in [0.5, 0.6) is 0 Å². The molecule has 4 N–H and O–H groups in total. The minimum absolute atomic E-state index is 0.00955. The van der Waals surface area contributed by atoms with Gasteiger partial charge in [-0.3, -0.25) is 10.2 Å². The van der Waals surface area contributed by atoms with Crippen LogP contribution in [0.1, 0.15) is 81.0 Å². The van der Waals surface area contributed by atoms with Gasteiger partial charge in [0.05, 0.1) is 19.3 Å². The van der Waals surface area contributed by atoms with Crippen molar-refractivity contribution in [3.63, 3.8) is 0 Å². The Kier molecular flexibility index (Phi) is 9.15. The lowest BCUT2D eigenvalue weighted by Crippen LogP contribution is -2.46. The average Bonchev–Trinajstić information content (AvgIpc) is 3.38. The van der Waals surface area contributed by atoms with Crippen molar-refractivity contribution in [1.82, 2.24) is 35.7 Å². The van der Waals surface area contributed by atoms with Crippen molar-refractivity contribution >= 4 is 34.9 Å². The van der Waals surface area contributed by atoms with Gasteiger partial charge in [0, 0.05) is 26.2 Å². The van der Waals surface area contributed by atoms with Gasteiger partial charge in [-0.15, -0.1) is 0 Å². The fraction of sp³-hybridized carbons (Fsp3) is 0.594. The van der Waals surface area contributed by atoms with E-state index in [1.165, 1.54) is 57.6 Å². The Morgan fingerprint density at radius 3 is 2.50 bits per heavy atom. The monoisotopic (exact) mass is 603 g/mol. The van der Waals surface area contributed by atoms with Crippen molar-refractivity contribution in [2.45, 2.75) is 77.4 Å². The van der Waals surface area contributed by atoms with Crippen LogP contribution >= 0.6 is 0 Å². The Morgan fingerprint density at radius 2 is 1.80 bits per heavy atom. The maximum absolute atomic E-state index is 13.2. The molecule has 1 saturated heterocycles. The summed E-state index contributed by atoms with van der Waals surface area (Å²) in [4.78, 5) is 41.8. The maximum Gasteiger partial charge on any atom is 0.333 e. The van der Waals surface area contributed by atoms with Gasteiger partial charge >= 0.3 is 11.9 Å². The molecule has 3 aliphatic rings. The Labute approximate surface area is 258 Å². The summed E-state index contributed by atoms with van der Waals surface area (Å²) in [6, 6.07) is 10.0. The number of imidazole rings is 1. The number of anilines is 2. The number of nitrogens with one attached hydrogen (secondary N) is 4. The zero-order valence-corrected chi connectivity index (χ0v) is 26.0. The number of rotatable bonds is 8. The van der Waals surface area contributed by atoms with Crippen molar-refractivity contribution in [3.8, 4) is 0 Å². The first-order valence-corrected chi connectivity index (χ1v) is 16.1. The van der Waals surface area contributed by atoms with E-state index in [4.69, 9.17) is 14.7 Å². The normalized spacial score (nSPS) is 23.1. The first-order chi connectivity index (χ1) is 21.4. The summed E-state index contributed by atoms with van der Waals surface area (Å²) in [5, 5.41) is 6.09. The predicted octanol–water partition coefficient (Wildman–Crippen LogP) is 4.40. The van der Waals surface area contributed by atoms with Gasteiger partial charge in [0.2, 0.25) is 11.8 Å². The Balaban J connectivity index is 1.46. The number of ether oxygens (including phenoxy) is 1. The highest BCUT2D eigenvalue weighted by atomic mass is 16.5. The minimum Gasteiger partial charge on any atom is -0.377 e. The third-order valence-corrected chi connectivity index (χ3v) is 9.67. The third-order valence-electron chi connectivity index (χ3n) is 9.67. The second-order valence-corrected chi connectivity index (χ2v) is 12.7. The zero-order valence-electron chi connectivity index (χ0n) is 26.0. The van der Waals surface area contributed by atoms with E-state index in [1.807, 2.05) is 6.07 Å². The highest BCUT2D eigenvalue weighted by Crippen LogP contribution is 2.38. The van der Waals surface area contributed by atoms with Crippen molar-refractivity contribution in [2.75, 3.05) is 37.0 Å². The molecule has 3 heterocycles. The number of hydrogen-bond donors (Lipinski definition) is 4. The molecule has 1 aliphatic heterocycles. The van der Waals surface area contributed by atoms with Gasteiger partial charge in [-0.2, -0.15) is 4.98 Å². The summed E-state index contributed by atoms with van der Waals surface area (Å²) in [5.41, 5.74) is 7.18. The summed E-state index contributed by atoms with van der Waals surface area (Å²) >= 11 is 0. The summed E-state index contributed by atoms with van der Waals surface area (Å²) in [7, 11) is 1.48. The summed E-state index contributed by atoms with van der Waals surface area (Å²) in [6.45, 7) is 7.17. The number of carbonyl (C=O) groups excluding carboxylic acids is 2. The molecule has 6 rings (SSSR count). The molecule has 2 aliphatic carbocycles. The van der Waals surface area contributed by atoms with Crippen LogP contribution in [0.3, 0.4) is 0 Å². The molecular weight excluding hydrogens is 558 g/mol. The van der Waals surface area contributed by atoms with Gasteiger partial charge in [-0.1, -0.05) is 56.5 Å². The third kappa shape index (κ3) is 6.45. The zero-order chi connectivity index (χ0) is 30.6. The molecule has 12 heteroatoms. The largest absolute Gasteiger partial charge is 0.377 e. The Morgan fingerprint density at radius 1 is 1.02 bits per heavy atom.